The molecule has 4 bridgehead atoms. The SMILES string of the molecule is C=C(C=CC=C(CO)[C@@H]1CC[C@]2([C@@H]1O)[C@@H](CCCO)C(=C(C)C=O)CC[C@]2(O)CCNC)[C@H]1Cc2cccc(c2)C[C@@](C)(CCOC)NCC2=C[C@@H]1CCC2. The number of aldehydes is 1. The lowest BCUT2D eigenvalue weighted by atomic mass is 9.51. The van der Waals surface area contributed by atoms with E-state index in [0.717, 1.165) is 74.7 Å². The van der Waals surface area contributed by atoms with Gasteiger partial charge in [0.15, 0.2) is 0 Å². The zero-order valence-corrected chi connectivity index (χ0v) is 34.1. The first-order valence-corrected chi connectivity index (χ1v) is 21.0. The Balaban J connectivity index is 1.43. The van der Waals surface area contributed by atoms with Gasteiger partial charge in [-0.15, -0.1) is 0 Å². The number of nitrogens with one attached hydrogen (secondary N) is 2. The molecule has 6 N–H and O–H groups in total. The first kappa shape index (κ1) is 43.4. The second kappa shape index (κ2) is 19.6. The van der Waals surface area contributed by atoms with Crippen LogP contribution in [0, 0.1) is 29.1 Å². The maximum Gasteiger partial charge on any atom is 0.145 e. The molecule has 1 aliphatic heterocycles. The zero-order valence-electron chi connectivity index (χ0n) is 34.1. The Morgan fingerprint density at radius 3 is 2.65 bits per heavy atom. The van der Waals surface area contributed by atoms with Crippen molar-refractivity contribution in [3.8, 4) is 0 Å². The second-order valence-corrected chi connectivity index (χ2v) is 17.4. The highest BCUT2D eigenvalue weighted by atomic mass is 16.5. The van der Waals surface area contributed by atoms with E-state index in [-0.39, 0.29) is 36.5 Å². The number of ether oxygens (including phenoxy) is 1. The number of carbonyl (C=O) groups is 1. The molecule has 1 aromatic rings. The molecule has 0 unspecified atom stereocenters. The van der Waals surface area contributed by atoms with E-state index in [9.17, 15) is 25.2 Å². The number of methoxy groups -OCH3 is 1. The summed E-state index contributed by atoms with van der Waals surface area (Å²) < 4.78 is 5.49. The van der Waals surface area contributed by atoms with E-state index in [1.807, 2.05) is 26.1 Å². The average Bonchev–Trinajstić information content (AvgIpc) is 3.53. The summed E-state index contributed by atoms with van der Waals surface area (Å²) in [5.41, 5.74) is 5.39. The Morgan fingerprint density at radius 2 is 1.93 bits per heavy atom. The lowest BCUT2D eigenvalue weighted by Gasteiger charge is -2.57. The van der Waals surface area contributed by atoms with Crippen LogP contribution in [0.4, 0.5) is 0 Å². The van der Waals surface area contributed by atoms with Crippen molar-refractivity contribution < 1.29 is 30.0 Å². The van der Waals surface area contributed by atoms with Gasteiger partial charge in [0.1, 0.15) is 6.29 Å². The van der Waals surface area contributed by atoms with E-state index in [1.165, 1.54) is 16.7 Å². The fourth-order valence-electron chi connectivity index (χ4n) is 10.9. The van der Waals surface area contributed by atoms with Crippen molar-refractivity contribution in [2.24, 2.45) is 29.1 Å². The highest BCUT2D eigenvalue weighted by molar-refractivity contribution is 5.74. The third kappa shape index (κ3) is 9.72. The predicted molar refractivity (Wildman–Crippen MR) is 222 cm³/mol. The number of carbonyl (C=O) groups excluding carboxylic acids is 1. The molecule has 1 spiro atoms. The Morgan fingerprint density at radius 1 is 1.13 bits per heavy atom. The fraction of sp³-hybridized carbons (Fsp3) is 0.638. The lowest BCUT2D eigenvalue weighted by Crippen LogP contribution is -2.61. The first-order valence-electron chi connectivity index (χ1n) is 21.0. The van der Waals surface area contributed by atoms with Gasteiger partial charge in [-0.05, 0) is 151 Å². The first-order chi connectivity index (χ1) is 26.5. The molecule has 0 amide bonds. The minimum atomic E-state index is -1.17. The van der Waals surface area contributed by atoms with Gasteiger partial charge < -0.3 is 35.8 Å². The summed E-state index contributed by atoms with van der Waals surface area (Å²) in [5.74, 6) is -0.0247. The van der Waals surface area contributed by atoms with Crippen LogP contribution in [0.15, 0.2) is 83.0 Å². The number of aliphatic hydroxyl groups is 4. The van der Waals surface area contributed by atoms with Crippen LogP contribution < -0.4 is 10.6 Å². The van der Waals surface area contributed by atoms with E-state index in [4.69, 9.17) is 4.74 Å². The highest BCUT2D eigenvalue weighted by Crippen LogP contribution is 2.64. The van der Waals surface area contributed by atoms with Gasteiger partial charge in [0.05, 0.1) is 18.3 Å². The summed E-state index contributed by atoms with van der Waals surface area (Å²) in [4.78, 5) is 12.1. The standard InChI is InChI=1S/C47H70N2O6/c1-33(42-28-35-11-7-12-36(26-35)29-45(3,22-25-55-5)49-30-37-13-8-14-38(42)27-37)10-6-15-39(32-52)41-18-20-47(44(41)53)43(16-9-24-50)40(34(2)31-51)17-19-46(47,54)21-23-48-4/h6-7,10-12,15,26-27,31,38,41-44,48-50,52-54H,1,8-9,13-14,16-25,28-30,32H2,2-5H3/t38-,41-,42+,43-,44+,45+,46-,47+/m0/s1. The topological polar surface area (TPSA) is 131 Å². The van der Waals surface area contributed by atoms with Crippen LogP contribution in [0.3, 0.4) is 0 Å². The minimum absolute atomic E-state index is 0.000534. The van der Waals surface area contributed by atoms with Crippen molar-refractivity contribution in [2.45, 2.75) is 115 Å². The molecular formula is C47H70N2O6. The molecular weight excluding hydrogens is 689 g/mol. The molecule has 8 nitrogen and oxygen atoms in total. The molecule has 4 aliphatic rings. The predicted octanol–water partition coefficient (Wildman–Crippen LogP) is 6.34. The maximum atomic E-state index is 12.5. The van der Waals surface area contributed by atoms with Gasteiger partial charge in [-0.1, -0.05) is 71.9 Å². The van der Waals surface area contributed by atoms with E-state index >= 15 is 0 Å². The summed E-state index contributed by atoms with van der Waals surface area (Å²) in [7, 11) is 3.64. The largest absolute Gasteiger partial charge is 0.396 e. The minimum Gasteiger partial charge on any atom is -0.396 e. The number of hydrogen-bond acceptors (Lipinski definition) is 8. The van der Waals surface area contributed by atoms with Crippen molar-refractivity contribution >= 4 is 6.29 Å². The smallest absolute Gasteiger partial charge is 0.145 e. The third-order valence-corrected chi connectivity index (χ3v) is 14.0. The Hall–Kier alpha value is -2.69. The van der Waals surface area contributed by atoms with Crippen LogP contribution >= 0.6 is 0 Å². The van der Waals surface area contributed by atoms with Crippen molar-refractivity contribution in [2.75, 3.05) is 47.1 Å². The number of hydrogen-bond donors (Lipinski definition) is 6. The molecule has 2 saturated carbocycles. The Kier molecular flexibility index (Phi) is 15.5. The van der Waals surface area contributed by atoms with Gasteiger partial charge in [-0.25, -0.2) is 0 Å². The molecule has 8 heteroatoms. The molecule has 1 heterocycles. The van der Waals surface area contributed by atoms with Crippen molar-refractivity contribution in [1.29, 1.82) is 0 Å². The van der Waals surface area contributed by atoms with Gasteiger partial charge in [-0.3, -0.25) is 4.79 Å². The molecule has 3 aliphatic carbocycles. The molecule has 2 fully saturated rings. The van der Waals surface area contributed by atoms with Crippen LogP contribution in [0.1, 0.15) is 95.6 Å². The summed E-state index contributed by atoms with van der Waals surface area (Å²) in [6.07, 6.45) is 18.4. The van der Waals surface area contributed by atoms with Crippen LogP contribution in [-0.4, -0.2) is 91.0 Å². The zero-order chi connectivity index (χ0) is 39.6. The van der Waals surface area contributed by atoms with E-state index < -0.39 is 17.1 Å². The number of benzene rings is 1. The number of allylic oxidation sites excluding steroid dienone is 7. The van der Waals surface area contributed by atoms with E-state index in [2.05, 4.69) is 60.6 Å². The van der Waals surface area contributed by atoms with Crippen molar-refractivity contribution in [1.82, 2.24) is 10.6 Å². The van der Waals surface area contributed by atoms with Gasteiger partial charge >= 0.3 is 0 Å². The van der Waals surface area contributed by atoms with Crippen molar-refractivity contribution in [3.05, 3.63) is 94.1 Å². The normalized spacial score (nSPS) is 33.9. The van der Waals surface area contributed by atoms with Gasteiger partial charge in [0, 0.05) is 43.7 Å². The van der Waals surface area contributed by atoms with E-state index in [0.29, 0.717) is 63.0 Å². The Bertz CT molecular complexity index is 1600. The van der Waals surface area contributed by atoms with Crippen molar-refractivity contribution in [3.63, 3.8) is 0 Å². The quantitative estimate of drug-likeness (QED) is 0.0529. The van der Waals surface area contributed by atoms with Crippen LogP contribution in [0.25, 0.3) is 0 Å². The number of rotatable bonds is 15. The number of aliphatic hydroxyl groups excluding tert-OH is 3. The summed E-state index contributed by atoms with van der Waals surface area (Å²) in [6.45, 7) is 10.8. The number of fused-ring (bicyclic) bond motifs is 3. The van der Waals surface area contributed by atoms with Gasteiger partial charge in [0.2, 0.25) is 0 Å². The van der Waals surface area contributed by atoms with E-state index in [1.54, 1.807) is 7.11 Å². The molecule has 0 radical (unpaired) electrons. The highest BCUT2D eigenvalue weighted by Gasteiger charge is 2.65. The van der Waals surface area contributed by atoms with Crippen LogP contribution in [0.2, 0.25) is 0 Å². The summed E-state index contributed by atoms with van der Waals surface area (Å²) in [6, 6.07) is 9.02. The average molecular weight is 759 g/mol. The molecule has 55 heavy (non-hydrogen) atoms. The molecule has 5 rings (SSSR count). The Labute approximate surface area is 330 Å². The summed E-state index contributed by atoms with van der Waals surface area (Å²) >= 11 is 0. The summed E-state index contributed by atoms with van der Waals surface area (Å²) in [5, 5.41) is 52.8. The molecule has 1 aromatic carbocycles. The molecule has 0 aromatic heterocycles. The molecule has 304 valence electrons. The van der Waals surface area contributed by atoms with Gasteiger partial charge in [0.25, 0.3) is 0 Å². The molecule has 0 saturated heterocycles. The third-order valence-electron chi connectivity index (χ3n) is 14.0. The van der Waals surface area contributed by atoms with Crippen LogP contribution in [-0.2, 0) is 22.4 Å². The van der Waals surface area contributed by atoms with Gasteiger partial charge in [-0.2, -0.15) is 0 Å². The second-order valence-electron chi connectivity index (χ2n) is 17.4. The monoisotopic (exact) mass is 759 g/mol. The lowest BCUT2D eigenvalue weighted by molar-refractivity contribution is -0.180. The fourth-order valence-corrected chi connectivity index (χ4v) is 10.9. The van der Waals surface area contributed by atoms with Crippen LogP contribution in [0.5, 0.6) is 0 Å². The molecule has 8 atom stereocenters. The maximum absolute atomic E-state index is 12.5.